The average Bonchev–Trinajstić information content (AvgIpc) is 3.70. The fourth-order valence-corrected chi connectivity index (χ4v) is 6.10. The third-order valence-corrected chi connectivity index (χ3v) is 8.94. The number of pyridine rings is 3. The molecule has 1 amide bonds. The molecule has 4 N–H and O–H groups in total. The minimum absolute atomic E-state index is 0.0143. The van der Waals surface area contributed by atoms with Gasteiger partial charge in [-0.1, -0.05) is 0 Å². The number of nitrogens with one attached hydrogen (secondary N) is 2. The van der Waals surface area contributed by atoms with Gasteiger partial charge in [0.1, 0.15) is 5.82 Å². The Hall–Kier alpha value is -3.41. The molecule has 10 nitrogen and oxygen atoms in total. The van der Waals surface area contributed by atoms with E-state index < -0.39 is 0 Å². The van der Waals surface area contributed by atoms with Gasteiger partial charge < -0.3 is 30.6 Å². The van der Waals surface area contributed by atoms with E-state index in [0.29, 0.717) is 66.1 Å². The van der Waals surface area contributed by atoms with Crippen molar-refractivity contribution in [1.29, 1.82) is 0 Å². The Kier molecular flexibility index (Phi) is 6.32. The van der Waals surface area contributed by atoms with E-state index in [1.165, 1.54) is 6.20 Å². The Bertz CT molecular complexity index is 1440. The molecular formula is C29H33FN6O4. The monoisotopic (exact) mass is 548 g/mol. The van der Waals surface area contributed by atoms with Gasteiger partial charge >= 0.3 is 0 Å². The lowest BCUT2D eigenvalue weighted by Crippen LogP contribution is -2.61. The molecule has 3 aliphatic heterocycles. The maximum absolute atomic E-state index is 15.0. The van der Waals surface area contributed by atoms with Gasteiger partial charge in [-0.05, 0) is 63.1 Å². The highest BCUT2D eigenvalue weighted by molar-refractivity contribution is 5.94. The number of aromatic nitrogens is 3. The second-order valence-electron chi connectivity index (χ2n) is 11.7. The van der Waals surface area contributed by atoms with Crippen LogP contribution in [0.4, 0.5) is 10.2 Å². The molecule has 6 heterocycles. The zero-order valence-electron chi connectivity index (χ0n) is 22.2. The number of rotatable bonds is 9. The minimum Gasteiger partial charge on any atom is -0.480 e. The summed E-state index contributed by atoms with van der Waals surface area (Å²) in [6, 6.07) is 7.57. The van der Waals surface area contributed by atoms with Crippen molar-refractivity contribution in [2.24, 2.45) is 11.7 Å². The molecule has 0 spiro atoms. The van der Waals surface area contributed by atoms with Gasteiger partial charge in [-0.25, -0.2) is 14.4 Å². The van der Waals surface area contributed by atoms with Crippen molar-refractivity contribution in [3.05, 3.63) is 47.5 Å². The van der Waals surface area contributed by atoms with E-state index in [1.807, 2.05) is 18.2 Å². The summed E-state index contributed by atoms with van der Waals surface area (Å²) in [7, 11) is 0. The number of amides is 1. The van der Waals surface area contributed by atoms with E-state index in [0.717, 1.165) is 44.2 Å². The molecule has 2 atom stereocenters. The fraction of sp³-hybridized carbons (Fsp3) is 0.517. The van der Waals surface area contributed by atoms with Crippen LogP contribution in [0.1, 0.15) is 49.8 Å². The van der Waals surface area contributed by atoms with E-state index in [9.17, 15) is 4.79 Å². The lowest BCUT2D eigenvalue weighted by atomic mass is 9.69. The van der Waals surface area contributed by atoms with Gasteiger partial charge in [0.25, 0.3) is 5.91 Å². The number of ether oxygens (including phenoxy) is 3. The largest absolute Gasteiger partial charge is 0.480 e. The first-order valence-electron chi connectivity index (χ1n) is 14.0. The van der Waals surface area contributed by atoms with Crippen molar-refractivity contribution in [2.75, 3.05) is 25.1 Å². The van der Waals surface area contributed by atoms with E-state index >= 15 is 4.39 Å². The van der Waals surface area contributed by atoms with E-state index in [2.05, 4.69) is 25.6 Å². The number of aryl methyl sites for hydroxylation is 1. The zero-order chi connectivity index (χ0) is 27.3. The van der Waals surface area contributed by atoms with Gasteiger partial charge in [-0.15, -0.1) is 0 Å². The number of hydrogen-bond acceptors (Lipinski definition) is 9. The quantitative estimate of drug-likeness (QED) is 0.369. The molecule has 8 rings (SSSR count). The Morgan fingerprint density at radius 2 is 2.02 bits per heavy atom. The molecule has 0 radical (unpaired) electrons. The Morgan fingerprint density at radius 3 is 2.80 bits per heavy atom. The number of carbonyl (C=O) groups is 1. The number of nitrogens with zero attached hydrogens (tertiary/aromatic N) is 3. The van der Waals surface area contributed by atoms with Crippen molar-refractivity contribution >= 4 is 22.8 Å². The van der Waals surface area contributed by atoms with Gasteiger partial charge in [0.15, 0.2) is 18.2 Å². The third kappa shape index (κ3) is 4.97. The van der Waals surface area contributed by atoms with Crippen LogP contribution in [0.2, 0.25) is 0 Å². The Labute approximate surface area is 231 Å². The van der Waals surface area contributed by atoms with Crippen LogP contribution in [0, 0.1) is 11.7 Å². The molecule has 2 aliphatic carbocycles. The summed E-state index contributed by atoms with van der Waals surface area (Å²) in [5.74, 6) is 1.35. The predicted molar refractivity (Wildman–Crippen MR) is 144 cm³/mol. The van der Waals surface area contributed by atoms with Crippen LogP contribution in [-0.4, -0.2) is 57.9 Å². The smallest absolute Gasteiger partial charge is 0.263 e. The Balaban J connectivity index is 0.985. The highest BCUT2D eigenvalue weighted by Gasteiger charge is 2.49. The number of hydrogen-bond donors (Lipinski definition) is 3. The van der Waals surface area contributed by atoms with Crippen LogP contribution in [0.25, 0.3) is 11.0 Å². The molecule has 4 fully saturated rings. The first-order valence-corrected chi connectivity index (χ1v) is 14.0. The summed E-state index contributed by atoms with van der Waals surface area (Å²) in [6.07, 6.45) is 7.22. The maximum Gasteiger partial charge on any atom is 0.263 e. The summed E-state index contributed by atoms with van der Waals surface area (Å²) in [5.41, 5.74) is 8.10. The zero-order valence-corrected chi connectivity index (χ0v) is 22.2. The topological polar surface area (TPSA) is 134 Å². The number of fused-ring (bicyclic) bond motifs is 5. The number of anilines is 1. The van der Waals surface area contributed by atoms with Crippen LogP contribution in [0.3, 0.4) is 0 Å². The van der Waals surface area contributed by atoms with Crippen molar-refractivity contribution in [2.45, 2.75) is 68.7 Å². The summed E-state index contributed by atoms with van der Waals surface area (Å²) in [6.45, 7) is 1.70. The summed E-state index contributed by atoms with van der Waals surface area (Å²) >= 11 is 0. The predicted octanol–water partition coefficient (Wildman–Crippen LogP) is 3.03. The van der Waals surface area contributed by atoms with Crippen molar-refractivity contribution < 1.29 is 23.4 Å². The van der Waals surface area contributed by atoms with Crippen molar-refractivity contribution in [3.8, 4) is 11.6 Å². The van der Waals surface area contributed by atoms with Crippen molar-refractivity contribution in [1.82, 2.24) is 20.3 Å². The third-order valence-electron chi connectivity index (χ3n) is 8.94. The first kappa shape index (κ1) is 25.6. The molecule has 2 saturated carbocycles. The van der Waals surface area contributed by atoms with Crippen molar-refractivity contribution in [3.63, 3.8) is 0 Å². The Morgan fingerprint density at radius 1 is 1.18 bits per heavy atom. The number of halogens is 1. The summed E-state index contributed by atoms with van der Waals surface area (Å²) in [5, 5.41) is 6.43. The second kappa shape index (κ2) is 9.90. The average molecular weight is 549 g/mol. The second-order valence-corrected chi connectivity index (χ2v) is 11.7. The highest BCUT2D eigenvalue weighted by atomic mass is 19.1. The minimum atomic E-state index is -0.348. The molecular weight excluding hydrogens is 515 g/mol. The van der Waals surface area contributed by atoms with Crippen LogP contribution in [0.15, 0.2) is 30.5 Å². The van der Waals surface area contributed by atoms with Gasteiger partial charge in [-0.2, -0.15) is 0 Å². The standard InChI is InChI=1S/C29H33FN6O4/c30-20-13-32-22-2-4-25(39-14-17-11-21(17)31)36-26(22)19(20)5-6-29-9-7-28(8-10-29,16-40-29)33-12-18-1-3-23-27(34-18)35-24(37)15-38-23/h1-4,13,17,21,33H,5-12,14-16,31H2,(H,34,35,37)/t17-,21?,28?,29?/m0/s1. The van der Waals surface area contributed by atoms with Gasteiger partial charge in [0.2, 0.25) is 5.88 Å². The molecule has 40 heavy (non-hydrogen) atoms. The molecule has 2 saturated heterocycles. The van der Waals surface area contributed by atoms with Gasteiger partial charge in [0.05, 0.1) is 41.7 Å². The fourth-order valence-electron chi connectivity index (χ4n) is 6.10. The lowest BCUT2D eigenvalue weighted by Gasteiger charge is -2.53. The van der Waals surface area contributed by atoms with Gasteiger partial charge in [0, 0.05) is 35.7 Å². The molecule has 3 aromatic rings. The summed E-state index contributed by atoms with van der Waals surface area (Å²) < 4.78 is 32.8. The molecule has 0 aromatic carbocycles. The van der Waals surface area contributed by atoms with Crippen LogP contribution >= 0.6 is 0 Å². The normalized spacial score (nSPS) is 28.6. The van der Waals surface area contributed by atoms with Crippen LogP contribution in [-0.2, 0) is 22.5 Å². The maximum atomic E-state index is 15.0. The molecule has 11 heteroatoms. The lowest BCUT2D eigenvalue weighted by molar-refractivity contribution is -0.165. The number of carbonyl (C=O) groups excluding carboxylic acids is 1. The van der Waals surface area contributed by atoms with E-state index in [1.54, 1.807) is 6.07 Å². The summed E-state index contributed by atoms with van der Waals surface area (Å²) in [4.78, 5) is 25.0. The van der Waals surface area contributed by atoms with Gasteiger partial charge in [-0.3, -0.25) is 9.78 Å². The van der Waals surface area contributed by atoms with E-state index in [4.69, 9.17) is 19.9 Å². The highest BCUT2D eigenvalue weighted by Crippen LogP contribution is 2.46. The molecule has 1 unspecified atom stereocenters. The molecule has 210 valence electrons. The van der Waals surface area contributed by atoms with Crippen LogP contribution < -0.4 is 25.8 Å². The molecule has 2 bridgehead atoms. The van der Waals surface area contributed by atoms with E-state index in [-0.39, 0.29) is 35.5 Å². The first-order chi connectivity index (χ1) is 19.4. The SMILES string of the molecule is NC1C[C@H]1COc1ccc2ncc(F)c(CCC34CCC(NCc5ccc6c(n5)NC(=O)CO6)(CC3)CO4)c2n1. The molecule has 3 aromatic heterocycles. The number of nitrogens with two attached hydrogens (primary N) is 1. The molecule has 5 aliphatic rings. The van der Waals surface area contributed by atoms with Crippen LogP contribution in [0.5, 0.6) is 11.6 Å².